The molecule has 31 heteroatoms. The van der Waals surface area contributed by atoms with Crippen LogP contribution in [0.25, 0.3) is 0 Å². The Balaban J connectivity index is -0.0000000860. The summed E-state index contributed by atoms with van der Waals surface area (Å²) in [7, 11) is 6.29. The summed E-state index contributed by atoms with van der Waals surface area (Å²) in [6, 6.07) is 0. The van der Waals surface area contributed by atoms with Crippen molar-refractivity contribution >= 4 is 46.9 Å². The molecule has 0 aromatic rings. The van der Waals surface area contributed by atoms with Crippen LogP contribution in [-0.2, 0) is 98.5 Å². The van der Waals surface area contributed by atoms with Crippen LogP contribution in [0.15, 0.2) is 0 Å². The van der Waals surface area contributed by atoms with Crippen molar-refractivity contribution in [3.8, 4) is 0 Å². The molecular weight excluding hydrogens is 841 g/mol. The smallest absolute Gasteiger partial charge is 0.248 e. The maximum atomic E-state index is 8.88. The Morgan fingerprint density at radius 2 is 0.224 bits per heavy atom. The van der Waals surface area contributed by atoms with Gasteiger partial charge >= 0.3 is 64.0 Å². The molecule has 0 aliphatic heterocycles. The summed E-state index contributed by atoms with van der Waals surface area (Å²) >= 11 is 0. The fourth-order valence-corrected chi connectivity index (χ4v) is 4.02. The van der Waals surface area contributed by atoms with Crippen LogP contribution in [0.4, 0.5) is 0 Å². The number of rotatable bonds is 18. The number of hydrogen-bond acceptors (Lipinski definition) is 18. The van der Waals surface area contributed by atoms with E-state index in [-0.39, 0.29) is 17.1 Å². The van der Waals surface area contributed by atoms with E-state index in [2.05, 4.69) is 81.4 Å². The van der Waals surface area contributed by atoms with Gasteiger partial charge in [0.05, 0.1) is 128 Å². The Hall–Kier alpha value is 1.18. The molecule has 0 saturated carbocycles. The largest absolute Gasteiger partial charge is 2.00 e. The standard InChI is InChI=1S/6C3H9O4P.Mn/c6*1-5-8(4,6-2)7-3;/h6*1-3H3;/q;;;;;;+2/p+6. The van der Waals surface area contributed by atoms with Crippen molar-refractivity contribution in [2.24, 2.45) is 0 Å². The molecule has 0 aliphatic rings. The van der Waals surface area contributed by atoms with Gasteiger partial charge in [-0.25, -0.2) is 109 Å². The van der Waals surface area contributed by atoms with Gasteiger partial charge in [-0.2, -0.15) is 0 Å². The summed E-state index contributed by atoms with van der Waals surface area (Å²) in [5.74, 6) is 0. The first kappa shape index (κ1) is 65.1. The van der Waals surface area contributed by atoms with Gasteiger partial charge in [0.15, 0.2) is 0 Å². The average molecular weight is 901 g/mol. The Morgan fingerprint density at radius 3 is 0.224 bits per heavy atom. The van der Waals surface area contributed by atoms with Gasteiger partial charge in [0, 0.05) is 0 Å². The summed E-state index contributed by atoms with van der Waals surface area (Å²) in [5, 5.41) is 0. The summed E-state index contributed by atoms with van der Waals surface area (Å²) in [6.45, 7) is 0. The topological polar surface area (TPSA) is 295 Å². The Morgan fingerprint density at radius 1 is 0.184 bits per heavy atom. The molecule has 0 spiro atoms. The quantitative estimate of drug-likeness (QED) is 0.0884. The minimum absolute atomic E-state index is 0. The van der Waals surface area contributed by atoms with Gasteiger partial charge in [-0.1, -0.05) is 0 Å². The second-order valence-corrected chi connectivity index (χ2v) is 18.3. The first-order valence-corrected chi connectivity index (χ1v) is 20.8. The van der Waals surface area contributed by atoms with E-state index in [1.807, 2.05) is 0 Å². The molecule has 49 heavy (non-hydrogen) atoms. The third-order valence-electron chi connectivity index (χ3n) is 4.15. The molecule has 0 fully saturated rings. The maximum Gasteiger partial charge on any atom is 2.00 e. The molecule has 0 aliphatic carbocycles. The second kappa shape index (κ2) is 37.5. The zero-order valence-corrected chi connectivity index (χ0v) is 37.6. The monoisotopic (exact) mass is 901 g/mol. The first-order valence-electron chi connectivity index (χ1n) is 11.8. The van der Waals surface area contributed by atoms with Gasteiger partial charge in [-0.05, 0) is 0 Å². The van der Waals surface area contributed by atoms with E-state index in [4.69, 9.17) is 27.4 Å². The van der Waals surface area contributed by atoms with E-state index in [0.717, 1.165) is 0 Å². The number of hydrogen-bond donors (Lipinski definition) is 0. The van der Waals surface area contributed by atoms with E-state index < -0.39 is 46.9 Å². The van der Waals surface area contributed by atoms with Crippen molar-refractivity contribution in [3.05, 3.63) is 0 Å². The average Bonchev–Trinajstić information content (AvgIpc) is 3.17. The molecule has 24 nitrogen and oxygen atoms in total. The summed E-state index contributed by atoms with van der Waals surface area (Å²) in [5.41, 5.74) is 0. The predicted octanol–water partition coefficient (Wildman–Crippen LogP) is 5.85. The molecule has 0 unspecified atom stereocenters. The van der Waals surface area contributed by atoms with E-state index >= 15 is 0 Å². The Kier molecular flexibility index (Phi) is 49.8. The van der Waals surface area contributed by atoms with Crippen molar-refractivity contribution in [1.82, 2.24) is 0 Å². The Bertz CT molecular complexity index is 703. The molecule has 0 rings (SSSR count). The molecule has 6 N–H and O–H groups in total. The van der Waals surface area contributed by atoms with Crippen LogP contribution in [0.1, 0.15) is 0 Å². The third-order valence-corrected chi connectivity index (χ3v) is 12.5. The van der Waals surface area contributed by atoms with Crippen molar-refractivity contribution in [2.75, 3.05) is 128 Å². The van der Waals surface area contributed by atoms with Gasteiger partial charge in [0.2, 0.25) is 0 Å². The molecule has 1 radical (unpaired) electrons. The van der Waals surface area contributed by atoms with Gasteiger partial charge in [-0.3, -0.25) is 0 Å². The van der Waals surface area contributed by atoms with Crippen LogP contribution in [0, 0.1) is 0 Å². The van der Waals surface area contributed by atoms with Crippen molar-refractivity contribution < 1.29 is 126 Å². The molecule has 0 aromatic carbocycles. The molecule has 305 valence electrons. The summed E-state index contributed by atoms with van der Waals surface area (Å²) in [4.78, 5) is 0. The molecule has 0 bridgehead atoms. The van der Waals surface area contributed by atoms with Crippen LogP contribution in [0.3, 0.4) is 0 Å². The van der Waals surface area contributed by atoms with Gasteiger partial charge < -0.3 is 0 Å². The summed E-state index contributed by atoms with van der Waals surface area (Å²) in [6.07, 6.45) is 0. The van der Waals surface area contributed by atoms with Crippen molar-refractivity contribution in [3.63, 3.8) is 0 Å². The van der Waals surface area contributed by atoms with E-state index in [1.165, 1.54) is 128 Å². The van der Waals surface area contributed by atoms with Crippen LogP contribution in [-0.4, -0.2) is 155 Å². The van der Waals surface area contributed by atoms with Crippen LogP contribution in [0.5, 0.6) is 0 Å². The minimum atomic E-state index is -2.91. The van der Waals surface area contributed by atoms with E-state index in [9.17, 15) is 0 Å². The SMILES string of the molecule is COP(=[OH+])(OC)OC.COP(=[OH+])(OC)OC.COP(=[OH+])(OC)OC.COP(=[OH+])(OC)OC.COP(=[OH+])(OC)OC.COP(=[OH+])(OC)OC.[Mn+2]. The predicted molar refractivity (Wildman–Crippen MR) is 179 cm³/mol. The molecule has 0 saturated heterocycles. The van der Waals surface area contributed by atoms with Crippen molar-refractivity contribution in [2.45, 2.75) is 0 Å². The molecular formula is C18H60MnO24P6+8. The van der Waals surface area contributed by atoms with Crippen LogP contribution in [0.2, 0.25) is 0 Å². The van der Waals surface area contributed by atoms with Gasteiger partial charge in [0.1, 0.15) is 0 Å². The fraction of sp³-hybridized carbons (Fsp3) is 1.00. The maximum absolute atomic E-state index is 8.88. The molecule has 0 amide bonds. The molecule has 0 atom stereocenters. The molecule has 0 aromatic heterocycles. The van der Waals surface area contributed by atoms with Crippen LogP contribution >= 0.6 is 46.9 Å². The van der Waals surface area contributed by atoms with E-state index in [0.29, 0.717) is 0 Å². The Labute approximate surface area is 300 Å². The van der Waals surface area contributed by atoms with E-state index in [1.54, 1.807) is 0 Å². The third kappa shape index (κ3) is 36.0. The van der Waals surface area contributed by atoms with Crippen LogP contribution < -0.4 is 0 Å². The second-order valence-electron chi connectivity index (χ2n) is 6.10. The normalized spacial score (nSPS) is 11.6. The minimum Gasteiger partial charge on any atom is -0.248 e. The van der Waals surface area contributed by atoms with Gasteiger partial charge in [-0.15, -0.1) is 0 Å². The first-order chi connectivity index (χ1) is 22.1. The molecule has 0 heterocycles. The summed E-state index contributed by atoms with van der Waals surface area (Å²) < 4.78 is 134. The van der Waals surface area contributed by atoms with Gasteiger partial charge in [0.25, 0.3) is 0 Å². The fourth-order valence-electron chi connectivity index (χ4n) is 1.34. The zero-order valence-electron chi connectivity index (χ0n) is 31.1. The zero-order chi connectivity index (χ0) is 39.7. The van der Waals surface area contributed by atoms with Crippen molar-refractivity contribution in [1.29, 1.82) is 0 Å².